The van der Waals surface area contributed by atoms with Crippen LogP contribution in [0.5, 0.6) is 0 Å². The van der Waals surface area contributed by atoms with Crippen molar-refractivity contribution in [2.45, 2.75) is 4.90 Å². The summed E-state index contributed by atoms with van der Waals surface area (Å²) in [6.07, 6.45) is 0. The fourth-order valence-corrected chi connectivity index (χ4v) is 3.40. The molecular weight excluding hydrogens is 397 g/mol. The maximum Gasteiger partial charge on any atom is 0.269 e. The van der Waals surface area contributed by atoms with Gasteiger partial charge in [0, 0.05) is 10.6 Å². The quantitative estimate of drug-likeness (QED) is 0.662. The Labute approximate surface area is 154 Å². The first-order valence-electron chi connectivity index (χ1n) is 6.49. The van der Waals surface area contributed by atoms with Gasteiger partial charge in [-0.25, -0.2) is 13.1 Å². The second-order valence-electron chi connectivity index (χ2n) is 4.56. The van der Waals surface area contributed by atoms with E-state index in [0.29, 0.717) is 10.7 Å². The molecule has 0 aliphatic carbocycles. The highest BCUT2D eigenvalue weighted by Gasteiger charge is 2.13. The van der Waals surface area contributed by atoms with E-state index in [1.54, 1.807) is 0 Å². The minimum absolute atomic E-state index is 0.0540. The van der Waals surface area contributed by atoms with Crippen LogP contribution in [0.2, 0.25) is 15.1 Å². The van der Waals surface area contributed by atoms with E-state index in [-0.39, 0.29) is 20.5 Å². The number of carbonyl (C=O) groups excluding carboxylic acids is 1. The first kappa shape index (κ1) is 18.8. The van der Waals surface area contributed by atoms with Gasteiger partial charge in [-0.1, -0.05) is 34.8 Å². The Balaban J connectivity index is 2.11. The number of amides is 1. The monoisotopic (exact) mass is 407 g/mol. The number of anilines is 1. The summed E-state index contributed by atoms with van der Waals surface area (Å²) in [5.41, 5.74) is 5.58. The number of rotatable bonds is 5. The molecule has 6 nitrogen and oxygen atoms in total. The van der Waals surface area contributed by atoms with Gasteiger partial charge in [-0.2, -0.15) is 0 Å². The minimum atomic E-state index is -3.56. The predicted molar refractivity (Wildman–Crippen MR) is 95.2 cm³/mol. The van der Waals surface area contributed by atoms with Crippen LogP contribution in [0.4, 0.5) is 5.69 Å². The van der Waals surface area contributed by atoms with Crippen molar-refractivity contribution in [3.63, 3.8) is 0 Å². The summed E-state index contributed by atoms with van der Waals surface area (Å²) in [5, 5.41) is 0.842. The van der Waals surface area contributed by atoms with Crippen LogP contribution in [0, 0.1) is 0 Å². The molecule has 2 rings (SSSR count). The standard InChI is InChI=1S/C14H12Cl3N3O3S/c1-18-24(22,23)10-4-2-8(3-5-10)14(21)20-19-13-11(16)6-9(15)7-12(13)17/h2-7,18-19H,1H3,(H,20,21). The highest BCUT2D eigenvalue weighted by atomic mass is 35.5. The number of carbonyl (C=O) groups is 1. The maximum atomic E-state index is 12.1. The van der Waals surface area contributed by atoms with Crippen molar-refractivity contribution in [1.82, 2.24) is 10.1 Å². The van der Waals surface area contributed by atoms with Crippen LogP contribution < -0.4 is 15.6 Å². The molecule has 0 aliphatic rings. The molecule has 2 aromatic carbocycles. The zero-order chi connectivity index (χ0) is 17.9. The van der Waals surface area contributed by atoms with Gasteiger partial charge >= 0.3 is 0 Å². The lowest BCUT2D eigenvalue weighted by Gasteiger charge is -2.12. The molecule has 0 saturated heterocycles. The smallest absolute Gasteiger partial charge is 0.269 e. The van der Waals surface area contributed by atoms with Crippen molar-refractivity contribution < 1.29 is 13.2 Å². The summed E-state index contributed by atoms with van der Waals surface area (Å²) in [6, 6.07) is 8.35. The van der Waals surface area contributed by atoms with Crippen molar-refractivity contribution in [3.8, 4) is 0 Å². The molecule has 0 spiro atoms. The van der Waals surface area contributed by atoms with Crippen molar-refractivity contribution in [2.75, 3.05) is 12.5 Å². The molecule has 1 amide bonds. The van der Waals surface area contributed by atoms with Gasteiger partial charge in [-0.05, 0) is 43.4 Å². The third-order valence-corrected chi connectivity index (χ3v) is 5.25. The Morgan fingerprint density at radius 1 is 1.00 bits per heavy atom. The number of hydrogen-bond acceptors (Lipinski definition) is 4. The molecule has 10 heteroatoms. The van der Waals surface area contributed by atoms with E-state index in [1.165, 1.54) is 43.4 Å². The molecule has 3 N–H and O–H groups in total. The highest BCUT2D eigenvalue weighted by Crippen LogP contribution is 2.33. The first-order chi connectivity index (χ1) is 11.2. The molecule has 128 valence electrons. The zero-order valence-electron chi connectivity index (χ0n) is 12.2. The molecule has 0 aromatic heterocycles. The largest absolute Gasteiger partial charge is 0.295 e. The zero-order valence-corrected chi connectivity index (χ0v) is 15.3. The topological polar surface area (TPSA) is 87.3 Å². The molecular formula is C14H12Cl3N3O3S. The van der Waals surface area contributed by atoms with E-state index in [4.69, 9.17) is 34.8 Å². The number of hydrogen-bond donors (Lipinski definition) is 3. The molecule has 0 heterocycles. The van der Waals surface area contributed by atoms with E-state index >= 15 is 0 Å². The molecule has 0 fully saturated rings. The summed E-state index contributed by atoms with van der Waals surface area (Å²) >= 11 is 17.8. The Kier molecular flexibility index (Phi) is 5.95. The molecule has 0 atom stereocenters. The number of hydrazine groups is 1. The van der Waals surface area contributed by atoms with Crippen molar-refractivity contribution in [1.29, 1.82) is 0 Å². The fraction of sp³-hybridized carbons (Fsp3) is 0.0714. The van der Waals surface area contributed by atoms with Gasteiger partial charge in [0.1, 0.15) is 0 Å². The van der Waals surface area contributed by atoms with Crippen LogP contribution in [0.25, 0.3) is 0 Å². The number of nitrogens with one attached hydrogen (secondary N) is 3. The summed E-state index contributed by atoms with van der Waals surface area (Å²) in [7, 11) is -2.25. The SMILES string of the molecule is CNS(=O)(=O)c1ccc(C(=O)NNc2c(Cl)cc(Cl)cc2Cl)cc1. The lowest BCUT2D eigenvalue weighted by Crippen LogP contribution is -2.29. The van der Waals surface area contributed by atoms with Crippen LogP contribution in [0.1, 0.15) is 10.4 Å². The lowest BCUT2D eigenvalue weighted by atomic mass is 10.2. The average molecular weight is 409 g/mol. The first-order valence-corrected chi connectivity index (χ1v) is 9.11. The third-order valence-electron chi connectivity index (χ3n) is 3.00. The maximum absolute atomic E-state index is 12.1. The molecule has 0 aliphatic heterocycles. The molecule has 24 heavy (non-hydrogen) atoms. The van der Waals surface area contributed by atoms with Crippen LogP contribution >= 0.6 is 34.8 Å². The van der Waals surface area contributed by atoms with E-state index in [0.717, 1.165) is 0 Å². The van der Waals surface area contributed by atoms with E-state index in [1.807, 2.05) is 0 Å². The third kappa shape index (κ3) is 4.31. The Bertz CT molecular complexity index is 848. The lowest BCUT2D eigenvalue weighted by molar-refractivity contribution is 0.0962. The molecule has 0 unspecified atom stereocenters. The van der Waals surface area contributed by atoms with E-state index in [9.17, 15) is 13.2 Å². The van der Waals surface area contributed by atoms with Gasteiger partial charge in [0.25, 0.3) is 5.91 Å². The van der Waals surface area contributed by atoms with Crippen LogP contribution in [0.3, 0.4) is 0 Å². The molecule has 0 saturated carbocycles. The predicted octanol–water partition coefficient (Wildman–Crippen LogP) is 3.31. The number of halogens is 3. The summed E-state index contributed by atoms with van der Waals surface area (Å²) < 4.78 is 25.5. The van der Waals surface area contributed by atoms with Crippen molar-refractivity contribution >= 4 is 56.4 Å². The molecule has 0 radical (unpaired) electrons. The van der Waals surface area contributed by atoms with Crippen molar-refractivity contribution in [2.24, 2.45) is 0 Å². The Morgan fingerprint density at radius 2 is 1.54 bits per heavy atom. The Morgan fingerprint density at radius 3 is 2.04 bits per heavy atom. The van der Waals surface area contributed by atoms with Crippen molar-refractivity contribution in [3.05, 3.63) is 57.0 Å². The summed E-state index contributed by atoms with van der Waals surface area (Å²) in [4.78, 5) is 12.1. The van der Waals surface area contributed by atoms with Crippen LogP contribution in [0.15, 0.2) is 41.3 Å². The van der Waals surface area contributed by atoms with E-state index < -0.39 is 15.9 Å². The van der Waals surface area contributed by atoms with Crippen LogP contribution in [-0.4, -0.2) is 21.4 Å². The van der Waals surface area contributed by atoms with E-state index in [2.05, 4.69) is 15.6 Å². The number of sulfonamides is 1. The average Bonchev–Trinajstić information content (AvgIpc) is 2.53. The fourth-order valence-electron chi connectivity index (χ4n) is 1.76. The second-order valence-corrected chi connectivity index (χ2v) is 7.69. The molecule has 0 bridgehead atoms. The minimum Gasteiger partial charge on any atom is -0.295 e. The second kappa shape index (κ2) is 7.58. The summed E-state index contributed by atoms with van der Waals surface area (Å²) in [6.45, 7) is 0. The highest BCUT2D eigenvalue weighted by molar-refractivity contribution is 7.89. The van der Waals surface area contributed by atoms with Gasteiger partial charge in [-0.3, -0.25) is 15.6 Å². The normalized spacial score (nSPS) is 11.2. The van der Waals surface area contributed by atoms with Gasteiger partial charge < -0.3 is 0 Å². The van der Waals surface area contributed by atoms with Crippen LogP contribution in [-0.2, 0) is 10.0 Å². The van der Waals surface area contributed by atoms with Gasteiger partial charge in [0.2, 0.25) is 10.0 Å². The number of benzene rings is 2. The summed E-state index contributed by atoms with van der Waals surface area (Å²) in [5.74, 6) is -0.495. The van der Waals surface area contributed by atoms with Gasteiger partial charge in [0.15, 0.2) is 0 Å². The Hall–Kier alpha value is -1.51. The molecule has 2 aromatic rings. The van der Waals surface area contributed by atoms with Gasteiger partial charge in [-0.15, -0.1) is 0 Å². The van der Waals surface area contributed by atoms with Gasteiger partial charge in [0.05, 0.1) is 20.6 Å².